The van der Waals surface area contributed by atoms with Crippen LogP contribution in [0.25, 0.3) is 11.3 Å². The second kappa shape index (κ2) is 5.17. The first-order valence-corrected chi connectivity index (χ1v) is 6.79. The Kier molecular flexibility index (Phi) is 3.76. The maximum Gasteiger partial charge on any atom is 0.0961 e. The van der Waals surface area contributed by atoms with E-state index >= 15 is 0 Å². The average molecular weight is 257 g/mol. The summed E-state index contributed by atoms with van der Waals surface area (Å²) >= 11 is 0. The van der Waals surface area contributed by atoms with Gasteiger partial charge in [0.1, 0.15) is 0 Å². The summed E-state index contributed by atoms with van der Waals surface area (Å²) in [6, 6.07) is 2.25. The topological polar surface area (TPSA) is 54.7 Å². The highest BCUT2D eigenvalue weighted by molar-refractivity contribution is 5.73. The second-order valence-electron chi connectivity index (χ2n) is 5.35. The van der Waals surface area contributed by atoms with Crippen LogP contribution < -0.4 is 5.73 Å². The fourth-order valence-electron chi connectivity index (χ4n) is 2.68. The van der Waals surface area contributed by atoms with Crippen molar-refractivity contribution in [2.24, 2.45) is 5.73 Å². The number of aromatic amines is 1. The molecule has 2 rings (SSSR count). The summed E-state index contributed by atoms with van der Waals surface area (Å²) in [4.78, 5) is 0. The Morgan fingerprint density at radius 3 is 2.16 bits per heavy atom. The molecule has 3 N–H and O–H groups in total. The van der Waals surface area contributed by atoms with Crippen molar-refractivity contribution in [2.75, 3.05) is 6.54 Å². The molecule has 3 nitrogen and oxygen atoms in total. The van der Waals surface area contributed by atoms with Gasteiger partial charge in [-0.3, -0.25) is 5.10 Å². The molecule has 0 atom stereocenters. The third-order valence-corrected chi connectivity index (χ3v) is 4.07. The normalized spacial score (nSPS) is 11.1. The van der Waals surface area contributed by atoms with E-state index < -0.39 is 0 Å². The van der Waals surface area contributed by atoms with Gasteiger partial charge < -0.3 is 5.73 Å². The monoisotopic (exact) mass is 257 g/mol. The quantitative estimate of drug-likeness (QED) is 0.887. The third kappa shape index (κ3) is 2.30. The molecule has 0 bridgehead atoms. The van der Waals surface area contributed by atoms with E-state index in [9.17, 15) is 0 Å². The van der Waals surface area contributed by atoms with Crippen molar-refractivity contribution in [1.82, 2.24) is 10.2 Å². The highest BCUT2D eigenvalue weighted by Gasteiger charge is 2.17. The number of benzene rings is 1. The number of nitrogens with one attached hydrogen (secondary N) is 1. The van der Waals surface area contributed by atoms with Crippen LogP contribution in [0.4, 0.5) is 0 Å². The van der Waals surface area contributed by atoms with Crippen LogP contribution in [0.3, 0.4) is 0 Å². The van der Waals surface area contributed by atoms with E-state index in [1.165, 1.54) is 33.4 Å². The number of aryl methyl sites for hydroxylation is 3. The van der Waals surface area contributed by atoms with Gasteiger partial charge in [0, 0.05) is 16.8 Å². The van der Waals surface area contributed by atoms with Crippen molar-refractivity contribution in [2.45, 2.75) is 41.0 Å². The minimum absolute atomic E-state index is 0.649. The predicted molar refractivity (Wildman–Crippen MR) is 80.5 cm³/mol. The van der Waals surface area contributed by atoms with E-state index in [1.807, 2.05) is 0 Å². The number of aromatic nitrogens is 2. The summed E-state index contributed by atoms with van der Waals surface area (Å²) in [5.74, 6) is 0. The Morgan fingerprint density at radius 2 is 1.63 bits per heavy atom. The van der Waals surface area contributed by atoms with Crippen molar-refractivity contribution in [3.05, 3.63) is 39.6 Å². The largest absolute Gasteiger partial charge is 0.330 e. The second-order valence-corrected chi connectivity index (χ2v) is 5.35. The molecule has 2 aromatic rings. The van der Waals surface area contributed by atoms with Gasteiger partial charge in [-0.25, -0.2) is 0 Å². The van der Waals surface area contributed by atoms with Gasteiger partial charge in [0.2, 0.25) is 0 Å². The number of nitrogens with zero attached hydrogens (tertiary/aromatic N) is 1. The Bertz CT molecular complexity index is 583. The molecular formula is C16H23N3. The molecule has 0 spiro atoms. The van der Waals surface area contributed by atoms with Gasteiger partial charge in [0.15, 0.2) is 0 Å². The van der Waals surface area contributed by atoms with Gasteiger partial charge in [-0.2, -0.15) is 5.10 Å². The molecule has 102 valence electrons. The van der Waals surface area contributed by atoms with Crippen molar-refractivity contribution in [3.63, 3.8) is 0 Å². The van der Waals surface area contributed by atoms with Crippen LogP contribution in [0.5, 0.6) is 0 Å². The smallest absolute Gasteiger partial charge is 0.0961 e. The summed E-state index contributed by atoms with van der Waals surface area (Å²) in [6.07, 6.45) is 0.865. The van der Waals surface area contributed by atoms with E-state index in [-0.39, 0.29) is 0 Å². The molecule has 0 amide bonds. The molecule has 0 unspecified atom stereocenters. The Balaban J connectivity index is 2.72. The summed E-state index contributed by atoms with van der Waals surface area (Å²) in [7, 11) is 0. The first-order chi connectivity index (χ1) is 8.97. The van der Waals surface area contributed by atoms with Gasteiger partial charge >= 0.3 is 0 Å². The Hall–Kier alpha value is -1.61. The maximum absolute atomic E-state index is 5.73. The molecule has 0 fully saturated rings. The molecule has 0 saturated carbocycles. The van der Waals surface area contributed by atoms with Crippen LogP contribution >= 0.6 is 0 Å². The molecule has 3 heteroatoms. The molecule has 0 radical (unpaired) electrons. The number of H-pyrrole nitrogens is 1. The van der Waals surface area contributed by atoms with Crippen molar-refractivity contribution >= 4 is 0 Å². The lowest BCUT2D eigenvalue weighted by molar-refractivity contribution is 0.957. The van der Waals surface area contributed by atoms with Crippen LogP contribution in [0.1, 0.15) is 33.5 Å². The van der Waals surface area contributed by atoms with Crippen LogP contribution in [0, 0.1) is 34.6 Å². The summed E-state index contributed by atoms with van der Waals surface area (Å²) in [5, 5.41) is 7.64. The summed E-state index contributed by atoms with van der Waals surface area (Å²) in [6.45, 7) is 11.4. The zero-order valence-electron chi connectivity index (χ0n) is 12.5. The lowest BCUT2D eigenvalue weighted by Gasteiger charge is -2.15. The third-order valence-electron chi connectivity index (χ3n) is 4.07. The van der Waals surface area contributed by atoms with Crippen LogP contribution in [0.2, 0.25) is 0 Å². The lowest BCUT2D eigenvalue weighted by Crippen LogP contribution is -2.05. The summed E-state index contributed by atoms with van der Waals surface area (Å²) < 4.78 is 0. The van der Waals surface area contributed by atoms with E-state index in [4.69, 9.17) is 5.73 Å². The summed E-state index contributed by atoms with van der Waals surface area (Å²) in [5.41, 5.74) is 15.7. The highest BCUT2D eigenvalue weighted by Crippen LogP contribution is 2.33. The van der Waals surface area contributed by atoms with Gasteiger partial charge in [-0.05, 0) is 69.8 Å². The van der Waals surface area contributed by atoms with E-state index in [2.05, 4.69) is 50.9 Å². The van der Waals surface area contributed by atoms with Crippen molar-refractivity contribution in [1.29, 1.82) is 0 Å². The number of hydrogen-bond donors (Lipinski definition) is 2. The molecule has 0 aliphatic heterocycles. The van der Waals surface area contributed by atoms with Crippen molar-refractivity contribution in [3.8, 4) is 11.3 Å². The molecule has 19 heavy (non-hydrogen) atoms. The predicted octanol–water partition coefficient (Wildman–Crippen LogP) is 3.12. The Morgan fingerprint density at radius 1 is 1.05 bits per heavy atom. The van der Waals surface area contributed by atoms with E-state index in [0.717, 1.165) is 17.8 Å². The Labute approximate surface area is 115 Å². The lowest BCUT2D eigenvalue weighted by atomic mass is 9.90. The number of nitrogens with two attached hydrogens (primary N) is 1. The molecule has 1 aromatic carbocycles. The zero-order valence-corrected chi connectivity index (χ0v) is 12.5. The molecule has 0 aliphatic rings. The van der Waals surface area contributed by atoms with Crippen molar-refractivity contribution < 1.29 is 0 Å². The molecule has 1 heterocycles. The van der Waals surface area contributed by atoms with E-state index in [1.54, 1.807) is 0 Å². The highest BCUT2D eigenvalue weighted by atomic mass is 15.1. The maximum atomic E-state index is 5.73. The van der Waals surface area contributed by atoms with Gasteiger partial charge in [-0.15, -0.1) is 0 Å². The van der Waals surface area contributed by atoms with E-state index in [0.29, 0.717) is 6.54 Å². The first-order valence-electron chi connectivity index (χ1n) is 6.79. The molecule has 1 aromatic heterocycles. The van der Waals surface area contributed by atoms with Crippen LogP contribution in [0.15, 0.2) is 6.07 Å². The number of hydrogen-bond acceptors (Lipinski definition) is 2. The molecular weight excluding hydrogens is 234 g/mol. The fraction of sp³-hybridized carbons (Fsp3) is 0.438. The SMILES string of the molecule is Cc1cc(C)c(C)c(-c2n[nH]c(C)c2CCN)c1C. The van der Waals surface area contributed by atoms with Gasteiger partial charge in [0.05, 0.1) is 5.69 Å². The number of rotatable bonds is 3. The van der Waals surface area contributed by atoms with Gasteiger partial charge in [0.25, 0.3) is 0 Å². The fourth-order valence-corrected chi connectivity index (χ4v) is 2.68. The average Bonchev–Trinajstić information content (AvgIpc) is 2.71. The minimum atomic E-state index is 0.649. The van der Waals surface area contributed by atoms with Crippen LogP contribution in [-0.4, -0.2) is 16.7 Å². The first kappa shape index (κ1) is 13.8. The van der Waals surface area contributed by atoms with Crippen LogP contribution in [-0.2, 0) is 6.42 Å². The molecule has 0 aliphatic carbocycles. The zero-order chi connectivity index (χ0) is 14.2. The van der Waals surface area contributed by atoms with Gasteiger partial charge in [-0.1, -0.05) is 6.07 Å². The standard InChI is InChI=1S/C16H23N3/c1-9-8-10(2)12(4)15(11(9)3)16-14(6-7-17)13(5)18-19-16/h8H,6-7,17H2,1-5H3,(H,18,19). The molecule has 0 saturated heterocycles. The minimum Gasteiger partial charge on any atom is -0.330 e.